The number of carbonyl (C=O) groups excluding carboxylic acids is 1. The summed E-state index contributed by atoms with van der Waals surface area (Å²) in [6, 6.07) is 7.47. The lowest BCUT2D eigenvalue weighted by molar-refractivity contribution is 0.0787. The van der Waals surface area contributed by atoms with Gasteiger partial charge >= 0.3 is 0 Å². The third kappa shape index (κ3) is 2.99. The van der Waals surface area contributed by atoms with Gasteiger partial charge in [0.15, 0.2) is 0 Å². The van der Waals surface area contributed by atoms with E-state index in [1.807, 2.05) is 0 Å². The van der Waals surface area contributed by atoms with Crippen LogP contribution in [0.3, 0.4) is 0 Å². The van der Waals surface area contributed by atoms with Gasteiger partial charge in [0.2, 0.25) is 0 Å². The third-order valence-corrected chi connectivity index (χ3v) is 7.11. The fourth-order valence-electron chi connectivity index (χ4n) is 4.67. The number of aromatic nitrogens is 1. The molecule has 0 bridgehead atoms. The lowest BCUT2D eigenvalue weighted by Gasteiger charge is -2.40. The van der Waals surface area contributed by atoms with Crippen LogP contribution in [0.4, 0.5) is 5.69 Å². The molecule has 0 radical (unpaired) electrons. The minimum absolute atomic E-state index is 0.00112. The third-order valence-electron chi connectivity index (χ3n) is 6.29. The highest BCUT2D eigenvalue weighted by Gasteiger charge is 2.33. The van der Waals surface area contributed by atoms with E-state index in [0.717, 1.165) is 42.2 Å². The van der Waals surface area contributed by atoms with Crippen molar-refractivity contribution >= 4 is 33.2 Å². The van der Waals surface area contributed by atoms with Gasteiger partial charge in [0.25, 0.3) is 5.91 Å². The Morgan fingerprint density at radius 1 is 1.12 bits per heavy atom. The molecule has 6 heteroatoms. The van der Waals surface area contributed by atoms with Crippen LogP contribution in [0.25, 0.3) is 10.1 Å². The van der Waals surface area contributed by atoms with E-state index in [1.165, 1.54) is 55.9 Å². The molecule has 1 amide bonds. The SMILES string of the molecule is O=C(N[C@@H]1CCCC2CCN2C1)c1nsc2ccc(N3CCCC3)cc12. The first kappa shape index (κ1) is 16.5. The molecule has 5 rings (SSSR count). The molecule has 4 heterocycles. The number of hydrogen-bond acceptors (Lipinski definition) is 5. The first-order valence-electron chi connectivity index (χ1n) is 9.97. The predicted molar refractivity (Wildman–Crippen MR) is 106 cm³/mol. The van der Waals surface area contributed by atoms with Crippen molar-refractivity contribution in [2.75, 3.05) is 31.1 Å². The number of benzene rings is 1. The van der Waals surface area contributed by atoms with Crippen molar-refractivity contribution in [1.29, 1.82) is 0 Å². The van der Waals surface area contributed by atoms with Crippen molar-refractivity contribution in [3.8, 4) is 0 Å². The van der Waals surface area contributed by atoms with E-state index >= 15 is 0 Å². The molecule has 1 unspecified atom stereocenters. The van der Waals surface area contributed by atoms with Crippen LogP contribution in [0.2, 0.25) is 0 Å². The monoisotopic (exact) mass is 370 g/mol. The molecule has 3 saturated heterocycles. The zero-order chi connectivity index (χ0) is 17.5. The highest BCUT2D eigenvalue weighted by Crippen LogP contribution is 2.30. The molecule has 3 aliphatic heterocycles. The highest BCUT2D eigenvalue weighted by atomic mass is 32.1. The van der Waals surface area contributed by atoms with E-state index in [0.29, 0.717) is 5.69 Å². The predicted octanol–water partition coefficient (Wildman–Crippen LogP) is 3.25. The van der Waals surface area contributed by atoms with Gasteiger partial charge in [-0.25, -0.2) is 0 Å². The van der Waals surface area contributed by atoms with Crippen molar-refractivity contribution in [3.05, 3.63) is 23.9 Å². The van der Waals surface area contributed by atoms with Gasteiger partial charge in [-0.3, -0.25) is 9.69 Å². The highest BCUT2D eigenvalue weighted by molar-refractivity contribution is 7.13. The summed E-state index contributed by atoms with van der Waals surface area (Å²) in [5.74, 6) is -0.00112. The molecule has 2 aromatic rings. The number of nitrogens with zero attached hydrogens (tertiary/aromatic N) is 3. The van der Waals surface area contributed by atoms with Crippen molar-refractivity contribution in [3.63, 3.8) is 0 Å². The average molecular weight is 371 g/mol. The van der Waals surface area contributed by atoms with Crippen LogP contribution in [-0.4, -0.2) is 53.4 Å². The molecule has 138 valence electrons. The maximum atomic E-state index is 12.9. The van der Waals surface area contributed by atoms with Crippen LogP contribution in [-0.2, 0) is 0 Å². The second-order valence-electron chi connectivity index (χ2n) is 7.94. The summed E-state index contributed by atoms with van der Waals surface area (Å²) in [6.07, 6.45) is 7.42. The summed E-state index contributed by atoms with van der Waals surface area (Å²) in [5, 5.41) is 4.28. The van der Waals surface area contributed by atoms with Gasteiger partial charge in [0.1, 0.15) is 5.69 Å². The van der Waals surface area contributed by atoms with Gasteiger partial charge in [-0.2, -0.15) is 4.37 Å². The Labute approximate surface area is 158 Å². The molecule has 0 aliphatic carbocycles. The van der Waals surface area contributed by atoms with E-state index in [9.17, 15) is 4.79 Å². The molecule has 3 aliphatic rings. The van der Waals surface area contributed by atoms with Crippen molar-refractivity contribution < 1.29 is 4.79 Å². The van der Waals surface area contributed by atoms with Crippen molar-refractivity contribution in [1.82, 2.24) is 14.6 Å². The Morgan fingerprint density at radius 3 is 2.81 bits per heavy atom. The van der Waals surface area contributed by atoms with E-state index in [1.54, 1.807) is 0 Å². The fourth-order valence-corrected chi connectivity index (χ4v) is 5.42. The smallest absolute Gasteiger partial charge is 0.271 e. The standard InChI is InChI=1S/C20H26N4OS/c25-20(21-14-4-3-5-15-8-11-24(15)13-14)19-17-12-16(23-9-1-2-10-23)6-7-18(17)26-22-19/h6-7,12,14-15H,1-5,8-11,13H2,(H,21,25)/t14-,15?/m1/s1. The van der Waals surface area contributed by atoms with Gasteiger partial charge in [0, 0.05) is 42.8 Å². The van der Waals surface area contributed by atoms with Crippen LogP contribution < -0.4 is 10.2 Å². The first-order chi connectivity index (χ1) is 12.8. The Morgan fingerprint density at radius 2 is 2.00 bits per heavy atom. The number of nitrogens with one attached hydrogen (secondary N) is 1. The second-order valence-corrected chi connectivity index (χ2v) is 8.75. The van der Waals surface area contributed by atoms with E-state index < -0.39 is 0 Å². The summed E-state index contributed by atoms with van der Waals surface area (Å²) < 4.78 is 5.60. The zero-order valence-electron chi connectivity index (χ0n) is 15.1. The Kier molecular flexibility index (Phi) is 4.33. The minimum Gasteiger partial charge on any atom is -0.372 e. The quantitative estimate of drug-likeness (QED) is 0.901. The molecule has 3 fully saturated rings. The minimum atomic E-state index is -0.00112. The summed E-state index contributed by atoms with van der Waals surface area (Å²) in [7, 11) is 0. The average Bonchev–Trinajstić information content (AvgIpc) is 3.28. The lowest BCUT2D eigenvalue weighted by Crippen LogP contribution is -2.52. The first-order valence-corrected chi connectivity index (χ1v) is 10.7. The molecule has 1 aromatic heterocycles. The summed E-state index contributed by atoms with van der Waals surface area (Å²) in [5.41, 5.74) is 1.83. The molecule has 1 N–H and O–H groups in total. The normalized spacial score (nSPS) is 26.4. The van der Waals surface area contributed by atoms with Crippen molar-refractivity contribution in [2.45, 2.75) is 50.6 Å². The number of anilines is 1. The van der Waals surface area contributed by atoms with E-state index in [2.05, 4.69) is 37.7 Å². The van der Waals surface area contributed by atoms with Crippen LogP contribution in [0.5, 0.6) is 0 Å². The Bertz CT molecular complexity index is 813. The Hall–Kier alpha value is -1.66. The maximum absolute atomic E-state index is 12.9. The van der Waals surface area contributed by atoms with Gasteiger partial charge in [-0.05, 0) is 74.8 Å². The molecule has 26 heavy (non-hydrogen) atoms. The van der Waals surface area contributed by atoms with Crippen LogP contribution in [0.15, 0.2) is 18.2 Å². The molecular formula is C20H26N4OS. The Balaban J connectivity index is 1.35. The second kappa shape index (κ2) is 6.82. The summed E-state index contributed by atoms with van der Waals surface area (Å²) in [6.45, 7) is 4.42. The van der Waals surface area contributed by atoms with Gasteiger partial charge in [-0.15, -0.1) is 0 Å². The molecular weight excluding hydrogens is 344 g/mol. The van der Waals surface area contributed by atoms with Crippen LogP contribution in [0.1, 0.15) is 49.0 Å². The van der Waals surface area contributed by atoms with Crippen LogP contribution in [0, 0.1) is 0 Å². The lowest BCUT2D eigenvalue weighted by atomic mass is 10.00. The molecule has 0 saturated carbocycles. The maximum Gasteiger partial charge on any atom is 0.271 e. The van der Waals surface area contributed by atoms with Crippen molar-refractivity contribution in [2.24, 2.45) is 0 Å². The zero-order valence-corrected chi connectivity index (χ0v) is 15.9. The number of hydrogen-bond donors (Lipinski definition) is 1. The van der Waals surface area contributed by atoms with E-state index in [4.69, 9.17) is 0 Å². The summed E-state index contributed by atoms with van der Waals surface area (Å²) in [4.78, 5) is 17.9. The fraction of sp³-hybridized carbons (Fsp3) is 0.600. The molecule has 0 spiro atoms. The topological polar surface area (TPSA) is 48.5 Å². The van der Waals surface area contributed by atoms with Gasteiger partial charge < -0.3 is 10.2 Å². The van der Waals surface area contributed by atoms with Gasteiger partial charge in [-0.1, -0.05) is 0 Å². The summed E-state index contributed by atoms with van der Waals surface area (Å²) >= 11 is 1.43. The number of rotatable bonds is 3. The number of fused-ring (bicyclic) bond motifs is 2. The van der Waals surface area contributed by atoms with Crippen LogP contribution >= 0.6 is 11.5 Å². The number of amides is 1. The van der Waals surface area contributed by atoms with Gasteiger partial charge in [0.05, 0.1) is 4.70 Å². The molecule has 5 nitrogen and oxygen atoms in total. The van der Waals surface area contributed by atoms with E-state index in [-0.39, 0.29) is 11.9 Å². The molecule has 2 atom stereocenters. The largest absolute Gasteiger partial charge is 0.372 e. The number of carbonyl (C=O) groups is 1. The molecule has 1 aromatic carbocycles.